The van der Waals surface area contributed by atoms with Gasteiger partial charge >= 0.3 is 0 Å². The van der Waals surface area contributed by atoms with E-state index >= 15 is 0 Å². The van der Waals surface area contributed by atoms with Crippen molar-refractivity contribution in [2.24, 2.45) is 0 Å². The number of unbranched alkanes of at least 4 members (excludes halogenated alkanes) is 4. The minimum atomic E-state index is 0.448. The second-order valence-electron chi connectivity index (χ2n) is 3.90. The van der Waals surface area contributed by atoms with E-state index in [9.17, 15) is 0 Å². The fourth-order valence-electron chi connectivity index (χ4n) is 1.42. The molecule has 0 aliphatic rings. The minimum absolute atomic E-state index is 0.448. The molecule has 0 radical (unpaired) electrons. The summed E-state index contributed by atoms with van der Waals surface area (Å²) in [5.41, 5.74) is 6.27. The van der Waals surface area contributed by atoms with Gasteiger partial charge in [-0.1, -0.05) is 32.6 Å². The Morgan fingerprint density at radius 3 is 2.62 bits per heavy atom. The number of nitrogens with zero attached hydrogens (tertiary/aromatic N) is 2. The minimum Gasteiger partial charge on any atom is -0.382 e. The first-order valence-electron chi connectivity index (χ1n) is 5.97. The van der Waals surface area contributed by atoms with Crippen LogP contribution in [0, 0.1) is 0 Å². The van der Waals surface area contributed by atoms with Crippen LogP contribution in [0.1, 0.15) is 44.7 Å². The van der Waals surface area contributed by atoms with Gasteiger partial charge in [-0.3, -0.25) is 4.98 Å². The van der Waals surface area contributed by atoms with Gasteiger partial charge in [0.05, 0.1) is 24.7 Å². The Morgan fingerprint density at radius 1 is 1.12 bits per heavy atom. The monoisotopic (exact) mass is 223 g/mol. The first-order chi connectivity index (χ1) is 7.83. The molecule has 0 atom stereocenters. The fraction of sp³-hybridized carbons (Fsp3) is 0.667. The summed E-state index contributed by atoms with van der Waals surface area (Å²) in [5, 5.41) is 0. The molecule has 90 valence electrons. The van der Waals surface area contributed by atoms with Gasteiger partial charge in [0.25, 0.3) is 0 Å². The highest BCUT2D eigenvalue weighted by molar-refractivity contribution is 5.22. The molecule has 0 bridgehead atoms. The third-order valence-corrected chi connectivity index (χ3v) is 2.37. The number of anilines is 1. The molecule has 1 heterocycles. The Kier molecular flexibility index (Phi) is 6.49. The number of nitrogens with two attached hydrogens (primary N) is 1. The molecule has 2 N–H and O–H groups in total. The quantitative estimate of drug-likeness (QED) is 0.688. The highest BCUT2D eigenvalue weighted by Gasteiger charge is 1.95. The Balaban J connectivity index is 2.01. The van der Waals surface area contributed by atoms with Crippen LogP contribution in [-0.2, 0) is 11.3 Å². The van der Waals surface area contributed by atoms with E-state index in [-0.39, 0.29) is 0 Å². The summed E-state index contributed by atoms with van der Waals surface area (Å²) in [6, 6.07) is 0. The van der Waals surface area contributed by atoms with Crippen molar-refractivity contribution in [3.8, 4) is 0 Å². The highest BCUT2D eigenvalue weighted by atomic mass is 16.5. The summed E-state index contributed by atoms with van der Waals surface area (Å²) >= 11 is 0. The van der Waals surface area contributed by atoms with Gasteiger partial charge in [-0.15, -0.1) is 0 Å². The summed E-state index contributed by atoms with van der Waals surface area (Å²) in [6.45, 7) is 3.55. The van der Waals surface area contributed by atoms with E-state index in [4.69, 9.17) is 10.5 Å². The molecule has 0 amide bonds. The van der Waals surface area contributed by atoms with Crippen LogP contribution in [0.3, 0.4) is 0 Å². The predicted molar refractivity (Wildman–Crippen MR) is 64.9 cm³/mol. The van der Waals surface area contributed by atoms with Crippen LogP contribution in [0.25, 0.3) is 0 Å². The summed E-state index contributed by atoms with van der Waals surface area (Å²) < 4.78 is 5.50. The zero-order valence-corrected chi connectivity index (χ0v) is 9.98. The SMILES string of the molecule is CCCCCCCOCc1cnc(N)cn1. The molecule has 16 heavy (non-hydrogen) atoms. The third-order valence-electron chi connectivity index (χ3n) is 2.37. The van der Waals surface area contributed by atoms with Gasteiger partial charge in [0.1, 0.15) is 5.82 Å². The first-order valence-corrected chi connectivity index (χ1v) is 5.97. The van der Waals surface area contributed by atoms with Crippen LogP contribution in [0.4, 0.5) is 5.82 Å². The van der Waals surface area contributed by atoms with Crippen LogP contribution < -0.4 is 5.73 Å². The lowest BCUT2D eigenvalue weighted by Gasteiger charge is -2.03. The van der Waals surface area contributed by atoms with Gasteiger partial charge in [0.2, 0.25) is 0 Å². The molecule has 0 unspecified atom stereocenters. The lowest BCUT2D eigenvalue weighted by molar-refractivity contribution is 0.114. The number of hydrogen-bond acceptors (Lipinski definition) is 4. The molecule has 1 rings (SSSR count). The van der Waals surface area contributed by atoms with E-state index in [1.54, 1.807) is 12.4 Å². The number of ether oxygens (including phenoxy) is 1. The van der Waals surface area contributed by atoms with Gasteiger partial charge in [-0.25, -0.2) is 4.98 Å². The standard InChI is InChI=1S/C12H21N3O/c1-2-3-4-5-6-7-16-10-11-8-15-12(13)9-14-11/h8-9H,2-7,10H2,1H3,(H2,13,15). The van der Waals surface area contributed by atoms with Crippen molar-refractivity contribution in [1.29, 1.82) is 0 Å². The molecule has 1 aromatic heterocycles. The topological polar surface area (TPSA) is 61.0 Å². The Bertz CT molecular complexity index is 274. The molecule has 0 spiro atoms. The van der Waals surface area contributed by atoms with Crippen molar-refractivity contribution in [1.82, 2.24) is 9.97 Å². The maximum absolute atomic E-state index is 5.50. The lowest BCUT2D eigenvalue weighted by atomic mass is 10.2. The van der Waals surface area contributed by atoms with E-state index in [1.165, 1.54) is 25.7 Å². The van der Waals surface area contributed by atoms with Crippen molar-refractivity contribution in [3.63, 3.8) is 0 Å². The van der Waals surface area contributed by atoms with E-state index in [0.29, 0.717) is 12.4 Å². The van der Waals surface area contributed by atoms with E-state index in [0.717, 1.165) is 18.7 Å². The summed E-state index contributed by atoms with van der Waals surface area (Å²) in [5.74, 6) is 0.448. The Labute approximate surface area is 97.2 Å². The van der Waals surface area contributed by atoms with E-state index in [2.05, 4.69) is 16.9 Å². The molecule has 4 nitrogen and oxygen atoms in total. The van der Waals surface area contributed by atoms with Crippen molar-refractivity contribution in [3.05, 3.63) is 18.1 Å². The van der Waals surface area contributed by atoms with Crippen molar-refractivity contribution in [2.45, 2.75) is 45.6 Å². The molecular formula is C12H21N3O. The van der Waals surface area contributed by atoms with Gasteiger partial charge in [-0.2, -0.15) is 0 Å². The van der Waals surface area contributed by atoms with Crippen LogP contribution in [0.2, 0.25) is 0 Å². The molecule has 4 heteroatoms. The molecule has 0 aliphatic carbocycles. The molecule has 1 aromatic rings. The smallest absolute Gasteiger partial charge is 0.141 e. The molecule has 0 fully saturated rings. The third kappa shape index (κ3) is 5.66. The van der Waals surface area contributed by atoms with Crippen molar-refractivity contribution in [2.75, 3.05) is 12.3 Å². The van der Waals surface area contributed by atoms with Gasteiger partial charge in [0.15, 0.2) is 0 Å². The summed E-state index contributed by atoms with van der Waals surface area (Å²) in [4.78, 5) is 8.07. The maximum Gasteiger partial charge on any atom is 0.141 e. The van der Waals surface area contributed by atoms with Gasteiger partial charge < -0.3 is 10.5 Å². The largest absolute Gasteiger partial charge is 0.382 e. The Morgan fingerprint density at radius 2 is 1.94 bits per heavy atom. The molecular weight excluding hydrogens is 202 g/mol. The highest BCUT2D eigenvalue weighted by Crippen LogP contribution is 2.03. The number of hydrogen-bond donors (Lipinski definition) is 1. The van der Waals surface area contributed by atoms with Crippen molar-refractivity contribution < 1.29 is 4.74 Å². The number of nitrogen functional groups attached to an aromatic ring is 1. The average Bonchev–Trinajstić information content (AvgIpc) is 2.30. The van der Waals surface area contributed by atoms with Gasteiger partial charge in [-0.05, 0) is 6.42 Å². The molecule has 0 saturated heterocycles. The second-order valence-corrected chi connectivity index (χ2v) is 3.90. The lowest BCUT2D eigenvalue weighted by Crippen LogP contribution is -2.00. The first kappa shape index (κ1) is 12.9. The summed E-state index contributed by atoms with van der Waals surface area (Å²) in [6.07, 6.45) is 9.50. The van der Waals surface area contributed by atoms with Crippen LogP contribution in [-0.4, -0.2) is 16.6 Å². The fourth-order valence-corrected chi connectivity index (χ4v) is 1.42. The number of aromatic nitrogens is 2. The van der Waals surface area contributed by atoms with Crippen LogP contribution in [0.15, 0.2) is 12.4 Å². The van der Waals surface area contributed by atoms with E-state index in [1.807, 2.05) is 0 Å². The number of rotatable bonds is 8. The summed E-state index contributed by atoms with van der Waals surface area (Å²) in [7, 11) is 0. The predicted octanol–water partition coefficient (Wildman–Crippen LogP) is 2.55. The second kappa shape index (κ2) is 8.05. The zero-order chi connectivity index (χ0) is 11.6. The molecule has 0 saturated carbocycles. The van der Waals surface area contributed by atoms with Crippen molar-refractivity contribution >= 4 is 5.82 Å². The zero-order valence-electron chi connectivity index (χ0n) is 9.98. The van der Waals surface area contributed by atoms with Crippen LogP contribution >= 0.6 is 0 Å². The average molecular weight is 223 g/mol. The molecule has 0 aliphatic heterocycles. The normalized spacial score (nSPS) is 10.6. The Hall–Kier alpha value is -1.16. The van der Waals surface area contributed by atoms with Gasteiger partial charge in [0, 0.05) is 6.61 Å². The van der Waals surface area contributed by atoms with E-state index < -0.39 is 0 Å². The van der Waals surface area contributed by atoms with Crippen LogP contribution in [0.5, 0.6) is 0 Å². The molecule has 0 aromatic carbocycles. The maximum atomic E-state index is 5.50.